The standard InChI is InChI=1S/C35H36N2O6S/c1-5-7-8-15-42-27-14-10-22(19-28(27)41-6-2)31-30(32(38)23-11-13-26-24(18-23)17-21(4)43-26)33(39)34(40)37(31)35-36-25-12-9-20(3)16-29(25)44-35/h9-14,16,18-19,21,31,38H,5-8,15,17H2,1-4H3/t21-,31+/m1/s1. The summed E-state index contributed by atoms with van der Waals surface area (Å²) >= 11 is 1.34. The van der Waals surface area contributed by atoms with Gasteiger partial charge in [-0.3, -0.25) is 14.5 Å². The van der Waals surface area contributed by atoms with Gasteiger partial charge in [-0.2, -0.15) is 0 Å². The first kappa shape index (κ1) is 29.7. The summed E-state index contributed by atoms with van der Waals surface area (Å²) in [6, 6.07) is 15.7. The van der Waals surface area contributed by atoms with Crippen LogP contribution in [0, 0.1) is 6.92 Å². The molecule has 0 bridgehead atoms. The number of fused-ring (bicyclic) bond motifs is 2. The third kappa shape index (κ3) is 5.52. The van der Waals surface area contributed by atoms with Crippen molar-refractivity contribution in [3.8, 4) is 17.2 Å². The van der Waals surface area contributed by atoms with Crippen LogP contribution in [-0.4, -0.2) is 41.1 Å². The lowest BCUT2D eigenvalue weighted by molar-refractivity contribution is -0.132. The van der Waals surface area contributed by atoms with Gasteiger partial charge in [-0.1, -0.05) is 43.2 Å². The molecule has 1 aromatic heterocycles. The SMILES string of the molecule is CCCCCOc1ccc([C@H]2C(=C(O)c3ccc4c(c3)C[C@@H](C)O4)C(=O)C(=O)N2c2nc3ccc(C)cc3s2)cc1OCC. The van der Waals surface area contributed by atoms with Gasteiger partial charge in [0.05, 0.1) is 35.0 Å². The first-order valence-corrected chi connectivity index (χ1v) is 16.0. The Balaban J connectivity index is 1.49. The lowest BCUT2D eigenvalue weighted by atomic mass is 9.94. The number of hydrogen-bond acceptors (Lipinski definition) is 8. The predicted octanol–water partition coefficient (Wildman–Crippen LogP) is 7.52. The van der Waals surface area contributed by atoms with E-state index < -0.39 is 17.7 Å². The number of benzene rings is 3. The molecule has 0 spiro atoms. The normalized spacial score (nSPS) is 19.0. The number of Topliss-reactive ketones (excluding diaryl/α,β-unsaturated/α-hetero) is 1. The van der Waals surface area contributed by atoms with Crippen molar-refractivity contribution in [2.45, 2.75) is 65.5 Å². The average molecular weight is 613 g/mol. The fourth-order valence-electron chi connectivity index (χ4n) is 5.81. The molecule has 44 heavy (non-hydrogen) atoms. The van der Waals surface area contributed by atoms with Gasteiger partial charge in [-0.15, -0.1) is 0 Å². The maximum atomic E-state index is 13.8. The highest BCUT2D eigenvalue weighted by Crippen LogP contribution is 2.46. The van der Waals surface area contributed by atoms with E-state index in [0.29, 0.717) is 47.4 Å². The second kappa shape index (κ2) is 12.3. The Morgan fingerprint density at radius 1 is 1.05 bits per heavy atom. The lowest BCUT2D eigenvalue weighted by Gasteiger charge is -2.24. The number of aryl methyl sites for hydroxylation is 1. The van der Waals surface area contributed by atoms with E-state index in [1.165, 1.54) is 16.2 Å². The molecule has 228 valence electrons. The molecule has 3 heterocycles. The van der Waals surface area contributed by atoms with Gasteiger partial charge in [0.2, 0.25) is 0 Å². The van der Waals surface area contributed by atoms with Crippen molar-refractivity contribution in [1.82, 2.24) is 4.98 Å². The highest BCUT2D eigenvalue weighted by molar-refractivity contribution is 7.22. The van der Waals surface area contributed by atoms with Gasteiger partial charge in [0.15, 0.2) is 16.6 Å². The molecule has 2 atom stereocenters. The van der Waals surface area contributed by atoms with Crippen LogP contribution in [0.1, 0.15) is 68.3 Å². The van der Waals surface area contributed by atoms with Gasteiger partial charge in [0.25, 0.3) is 5.78 Å². The van der Waals surface area contributed by atoms with Crippen LogP contribution >= 0.6 is 11.3 Å². The summed E-state index contributed by atoms with van der Waals surface area (Å²) < 4.78 is 18.8. The second-order valence-corrected chi connectivity index (χ2v) is 12.3. The summed E-state index contributed by atoms with van der Waals surface area (Å²) in [5.41, 5.74) is 3.79. The zero-order valence-corrected chi connectivity index (χ0v) is 26.2. The molecule has 4 aromatic rings. The molecule has 2 aliphatic heterocycles. The number of aromatic nitrogens is 1. The van der Waals surface area contributed by atoms with Crippen LogP contribution in [0.4, 0.5) is 5.13 Å². The number of thiazole rings is 1. The van der Waals surface area contributed by atoms with E-state index in [0.717, 1.165) is 46.4 Å². The summed E-state index contributed by atoms with van der Waals surface area (Å²) in [4.78, 5) is 33.8. The van der Waals surface area contributed by atoms with E-state index in [-0.39, 0.29) is 17.4 Å². The van der Waals surface area contributed by atoms with Gasteiger partial charge in [0.1, 0.15) is 17.6 Å². The number of ketones is 1. The fraction of sp³-hybridized carbons (Fsp3) is 0.343. The van der Waals surface area contributed by atoms with E-state index in [2.05, 4.69) is 6.92 Å². The molecular formula is C35H36N2O6S. The first-order valence-electron chi connectivity index (χ1n) is 15.2. The molecule has 1 saturated heterocycles. The largest absolute Gasteiger partial charge is 0.507 e. The van der Waals surface area contributed by atoms with E-state index >= 15 is 0 Å². The summed E-state index contributed by atoms with van der Waals surface area (Å²) in [6.07, 6.45) is 3.78. The number of anilines is 1. The number of rotatable bonds is 10. The molecular weight excluding hydrogens is 576 g/mol. The van der Waals surface area contributed by atoms with Crippen LogP contribution in [0.5, 0.6) is 17.2 Å². The van der Waals surface area contributed by atoms with Crippen LogP contribution in [0.25, 0.3) is 16.0 Å². The van der Waals surface area contributed by atoms with Gasteiger partial charge < -0.3 is 19.3 Å². The summed E-state index contributed by atoms with van der Waals surface area (Å²) in [5.74, 6) is 0.0939. The van der Waals surface area contributed by atoms with Crippen molar-refractivity contribution in [3.63, 3.8) is 0 Å². The minimum Gasteiger partial charge on any atom is -0.507 e. The Hall–Kier alpha value is -4.37. The molecule has 1 fully saturated rings. The van der Waals surface area contributed by atoms with Crippen molar-refractivity contribution >= 4 is 44.1 Å². The summed E-state index contributed by atoms with van der Waals surface area (Å²) in [7, 11) is 0. The third-order valence-corrected chi connectivity index (χ3v) is 8.96. The number of amides is 1. The van der Waals surface area contributed by atoms with Crippen molar-refractivity contribution in [1.29, 1.82) is 0 Å². The maximum absolute atomic E-state index is 13.8. The number of aliphatic hydroxyl groups is 1. The Morgan fingerprint density at radius 2 is 1.89 bits per heavy atom. The molecule has 1 amide bonds. The van der Waals surface area contributed by atoms with Crippen LogP contribution in [0.2, 0.25) is 0 Å². The Labute approximate surface area is 260 Å². The van der Waals surface area contributed by atoms with Crippen molar-refractivity contribution < 1.29 is 28.9 Å². The topological polar surface area (TPSA) is 98.2 Å². The lowest BCUT2D eigenvalue weighted by Crippen LogP contribution is -2.29. The molecule has 9 heteroatoms. The van der Waals surface area contributed by atoms with Crippen LogP contribution in [-0.2, 0) is 16.0 Å². The number of unbranched alkanes of at least 4 members (excludes halogenated alkanes) is 2. The van der Waals surface area contributed by atoms with Crippen molar-refractivity contribution in [2.24, 2.45) is 0 Å². The first-order chi connectivity index (χ1) is 21.3. The number of carbonyl (C=O) groups excluding carboxylic acids is 2. The van der Waals surface area contributed by atoms with E-state index in [9.17, 15) is 14.7 Å². The van der Waals surface area contributed by atoms with Crippen LogP contribution in [0.15, 0.2) is 60.2 Å². The number of aliphatic hydroxyl groups excluding tert-OH is 1. The Morgan fingerprint density at radius 3 is 2.68 bits per heavy atom. The molecule has 3 aromatic carbocycles. The number of nitrogens with zero attached hydrogens (tertiary/aromatic N) is 2. The van der Waals surface area contributed by atoms with Crippen molar-refractivity contribution in [2.75, 3.05) is 18.1 Å². The van der Waals surface area contributed by atoms with Crippen LogP contribution < -0.4 is 19.1 Å². The smallest absolute Gasteiger partial charge is 0.301 e. The predicted molar refractivity (Wildman–Crippen MR) is 172 cm³/mol. The molecule has 0 radical (unpaired) electrons. The second-order valence-electron chi connectivity index (χ2n) is 11.3. The fourth-order valence-corrected chi connectivity index (χ4v) is 6.90. The van der Waals surface area contributed by atoms with Gasteiger partial charge >= 0.3 is 5.91 Å². The van der Waals surface area contributed by atoms with Gasteiger partial charge in [0, 0.05) is 12.0 Å². The monoisotopic (exact) mass is 612 g/mol. The Kier molecular flexibility index (Phi) is 8.31. The number of carbonyl (C=O) groups is 2. The molecule has 0 saturated carbocycles. The molecule has 0 unspecified atom stereocenters. The van der Waals surface area contributed by atoms with E-state index in [1.54, 1.807) is 18.2 Å². The number of ether oxygens (including phenoxy) is 3. The highest BCUT2D eigenvalue weighted by atomic mass is 32.1. The van der Waals surface area contributed by atoms with Gasteiger partial charge in [-0.05, 0) is 86.3 Å². The zero-order valence-electron chi connectivity index (χ0n) is 25.4. The van der Waals surface area contributed by atoms with E-state index in [1.807, 2.05) is 57.2 Å². The van der Waals surface area contributed by atoms with E-state index in [4.69, 9.17) is 19.2 Å². The molecule has 1 N–H and O–H groups in total. The minimum absolute atomic E-state index is 0.00332. The summed E-state index contributed by atoms with van der Waals surface area (Å²) in [5, 5.41) is 12.1. The quantitative estimate of drug-likeness (QED) is 0.0856. The summed E-state index contributed by atoms with van der Waals surface area (Å²) in [6.45, 7) is 8.97. The van der Waals surface area contributed by atoms with Crippen molar-refractivity contribution in [3.05, 3.63) is 82.4 Å². The average Bonchev–Trinajstić information content (AvgIpc) is 3.67. The zero-order chi connectivity index (χ0) is 31.0. The molecule has 6 rings (SSSR count). The van der Waals surface area contributed by atoms with Crippen LogP contribution in [0.3, 0.4) is 0 Å². The minimum atomic E-state index is -0.937. The maximum Gasteiger partial charge on any atom is 0.301 e. The molecule has 0 aliphatic carbocycles. The van der Waals surface area contributed by atoms with Gasteiger partial charge in [-0.25, -0.2) is 4.98 Å². The molecule has 8 nitrogen and oxygen atoms in total. The highest BCUT2D eigenvalue weighted by Gasteiger charge is 2.48. The Bertz CT molecular complexity index is 1780. The third-order valence-electron chi connectivity index (χ3n) is 7.94. The number of hydrogen-bond donors (Lipinski definition) is 1. The molecule has 2 aliphatic rings.